The number of furan rings is 1. The van der Waals surface area contributed by atoms with E-state index in [4.69, 9.17) is 4.42 Å². The van der Waals surface area contributed by atoms with Crippen molar-refractivity contribution in [3.05, 3.63) is 102 Å². The van der Waals surface area contributed by atoms with Gasteiger partial charge in [-0.05, 0) is 17.2 Å². The number of piperazine rings is 1. The van der Waals surface area contributed by atoms with E-state index in [2.05, 4.69) is 39.5 Å². The van der Waals surface area contributed by atoms with Gasteiger partial charge in [0.25, 0.3) is 5.91 Å². The minimum absolute atomic E-state index is 0.0247. The van der Waals surface area contributed by atoms with Gasteiger partial charge in [-0.1, -0.05) is 60.7 Å². The van der Waals surface area contributed by atoms with Crippen LogP contribution in [0.15, 0.2) is 89.8 Å². The molecule has 5 rings (SSSR count). The van der Waals surface area contributed by atoms with Crippen molar-refractivity contribution in [2.24, 2.45) is 0 Å². The van der Waals surface area contributed by atoms with E-state index in [-0.39, 0.29) is 23.9 Å². The minimum atomic E-state index is -0.158. The fourth-order valence-electron chi connectivity index (χ4n) is 4.97. The molecule has 0 aliphatic carbocycles. The maximum atomic E-state index is 13.6. The highest BCUT2D eigenvalue weighted by Gasteiger charge is 2.36. The van der Waals surface area contributed by atoms with Crippen LogP contribution in [0.4, 0.5) is 0 Å². The zero-order valence-electron chi connectivity index (χ0n) is 19.6. The molecule has 2 aromatic carbocycles. The van der Waals surface area contributed by atoms with Crippen LogP contribution in [0.1, 0.15) is 33.9 Å². The lowest BCUT2D eigenvalue weighted by molar-refractivity contribution is -0.122. The monoisotopic (exact) mass is 468 g/mol. The smallest absolute Gasteiger partial charge is 0.256 e. The second-order valence-electron chi connectivity index (χ2n) is 8.76. The predicted molar refractivity (Wildman–Crippen MR) is 134 cm³/mol. The zero-order valence-corrected chi connectivity index (χ0v) is 19.6. The molecule has 1 saturated heterocycles. The Morgan fingerprint density at radius 3 is 2.34 bits per heavy atom. The Bertz CT molecular complexity index is 1270. The van der Waals surface area contributed by atoms with Crippen LogP contribution in [0.2, 0.25) is 0 Å². The van der Waals surface area contributed by atoms with Crippen LogP contribution < -0.4 is 5.32 Å². The molecule has 7 heteroatoms. The number of amides is 2. The lowest BCUT2D eigenvalue weighted by atomic mass is 9.93. The number of aromatic nitrogens is 1. The predicted octanol–water partition coefficient (Wildman–Crippen LogP) is 3.88. The van der Waals surface area contributed by atoms with Crippen molar-refractivity contribution in [1.29, 1.82) is 0 Å². The second kappa shape index (κ2) is 10.1. The van der Waals surface area contributed by atoms with Gasteiger partial charge in [0, 0.05) is 50.7 Å². The molecule has 3 heterocycles. The summed E-state index contributed by atoms with van der Waals surface area (Å²) >= 11 is 0. The average molecular weight is 469 g/mol. The second-order valence-corrected chi connectivity index (χ2v) is 8.76. The summed E-state index contributed by atoms with van der Waals surface area (Å²) in [7, 11) is 1.65. The lowest BCUT2D eigenvalue weighted by Gasteiger charge is -2.45. The van der Waals surface area contributed by atoms with Crippen molar-refractivity contribution in [1.82, 2.24) is 20.1 Å². The van der Waals surface area contributed by atoms with Crippen LogP contribution in [0.25, 0.3) is 11.0 Å². The summed E-state index contributed by atoms with van der Waals surface area (Å²) in [5, 5.41) is 3.51. The fraction of sp³-hybridized carbons (Fsp3) is 0.250. The molecule has 7 nitrogen and oxygen atoms in total. The van der Waals surface area contributed by atoms with E-state index in [1.807, 2.05) is 41.3 Å². The van der Waals surface area contributed by atoms with Crippen molar-refractivity contribution in [3.63, 3.8) is 0 Å². The van der Waals surface area contributed by atoms with Crippen LogP contribution in [-0.4, -0.2) is 59.3 Å². The Balaban J connectivity index is 1.48. The summed E-state index contributed by atoms with van der Waals surface area (Å²) in [6.45, 7) is 1.63. The standard InChI is InChI=1S/C28H28N4O3/c1-29-26(33)16-22-19-31(28(34)24-17-30-18-25-23(24)12-15-35-25)13-14-32(22)27(20-8-4-2-5-9-20)21-10-6-3-7-11-21/h2-12,15,17-18,22,27H,13-14,16,19H2,1H3,(H,29,33)/t22-/m1/s1. The first-order chi connectivity index (χ1) is 17.2. The summed E-state index contributed by atoms with van der Waals surface area (Å²) < 4.78 is 5.44. The number of nitrogens with one attached hydrogen (secondary N) is 1. The van der Waals surface area contributed by atoms with E-state index < -0.39 is 0 Å². The summed E-state index contributed by atoms with van der Waals surface area (Å²) in [4.78, 5) is 34.5. The first-order valence-corrected chi connectivity index (χ1v) is 11.8. The molecule has 2 aromatic heterocycles. The van der Waals surface area contributed by atoms with Crippen LogP contribution in [0.5, 0.6) is 0 Å². The molecule has 1 fully saturated rings. The summed E-state index contributed by atoms with van der Waals surface area (Å²) in [5.74, 6) is -0.144. The van der Waals surface area contributed by atoms with Gasteiger partial charge >= 0.3 is 0 Å². The quantitative estimate of drug-likeness (QED) is 0.465. The molecule has 0 spiro atoms. The zero-order chi connectivity index (χ0) is 24.2. The molecule has 2 amide bonds. The third-order valence-electron chi connectivity index (χ3n) is 6.69. The van der Waals surface area contributed by atoms with Crippen LogP contribution in [-0.2, 0) is 4.79 Å². The third-order valence-corrected chi connectivity index (χ3v) is 6.69. The SMILES string of the molecule is CNC(=O)C[C@@H]1CN(C(=O)c2cncc3occc23)CCN1C(c1ccccc1)c1ccccc1. The summed E-state index contributed by atoms with van der Waals surface area (Å²) in [5.41, 5.74) is 3.43. The Kier molecular flexibility index (Phi) is 6.59. The van der Waals surface area contributed by atoms with E-state index in [1.54, 1.807) is 31.8 Å². The van der Waals surface area contributed by atoms with Gasteiger partial charge in [0.15, 0.2) is 5.58 Å². The maximum absolute atomic E-state index is 13.6. The number of rotatable bonds is 6. The normalized spacial score (nSPS) is 16.5. The highest BCUT2D eigenvalue weighted by molar-refractivity contribution is 6.05. The Hall–Kier alpha value is -3.97. The molecular weight excluding hydrogens is 440 g/mol. The topological polar surface area (TPSA) is 78.7 Å². The Morgan fingerprint density at radius 1 is 1.00 bits per heavy atom. The number of hydrogen-bond donors (Lipinski definition) is 1. The van der Waals surface area contributed by atoms with Gasteiger partial charge in [-0.2, -0.15) is 0 Å². The van der Waals surface area contributed by atoms with Gasteiger partial charge in [-0.3, -0.25) is 19.5 Å². The van der Waals surface area contributed by atoms with E-state index in [0.29, 0.717) is 37.2 Å². The molecule has 0 radical (unpaired) electrons. The number of carbonyl (C=O) groups is 2. The van der Waals surface area contributed by atoms with Crippen LogP contribution >= 0.6 is 0 Å². The largest absolute Gasteiger partial charge is 0.463 e. The fourth-order valence-corrected chi connectivity index (χ4v) is 4.97. The van der Waals surface area contributed by atoms with E-state index >= 15 is 0 Å². The molecule has 1 aliphatic rings. The molecule has 0 saturated carbocycles. The van der Waals surface area contributed by atoms with Gasteiger partial charge in [0.1, 0.15) is 0 Å². The highest BCUT2D eigenvalue weighted by atomic mass is 16.3. The molecule has 0 bridgehead atoms. The van der Waals surface area contributed by atoms with Gasteiger partial charge in [0.2, 0.25) is 5.91 Å². The number of hydrogen-bond acceptors (Lipinski definition) is 5. The van der Waals surface area contributed by atoms with Crippen molar-refractivity contribution in [2.75, 3.05) is 26.7 Å². The average Bonchev–Trinajstić information content (AvgIpc) is 3.40. The Labute approximate surface area is 204 Å². The molecule has 4 aromatic rings. The van der Waals surface area contributed by atoms with Crippen LogP contribution in [0.3, 0.4) is 0 Å². The van der Waals surface area contributed by atoms with Crippen molar-refractivity contribution < 1.29 is 14.0 Å². The minimum Gasteiger partial charge on any atom is -0.463 e. The van der Waals surface area contributed by atoms with Gasteiger partial charge < -0.3 is 14.6 Å². The summed E-state index contributed by atoms with van der Waals surface area (Å²) in [6.07, 6.45) is 5.07. The Morgan fingerprint density at radius 2 is 1.69 bits per heavy atom. The first kappa shape index (κ1) is 22.8. The van der Waals surface area contributed by atoms with Crippen LogP contribution in [0, 0.1) is 0 Å². The van der Waals surface area contributed by atoms with Crippen molar-refractivity contribution in [2.45, 2.75) is 18.5 Å². The van der Waals surface area contributed by atoms with Crippen molar-refractivity contribution in [3.8, 4) is 0 Å². The molecule has 1 atom stereocenters. The molecule has 178 valence electrons. The number of benzene rings is 2. The molecule has 1 aliphatic heterocycles. The number of carbonyl (C=O) groups excluding carboxylic acids is 2. The molecule has 0 unspecified atom stereocenters. The van der Waals surface area contributed by atoms with E-state index in [9.17, 15) is 9.59 Å². The van der Waals surface area contributed by atoms with Gasteiger partial charge in [0.05, 0.1) is 24.1 Å². The van der Waals surface area contributed by atoms with E-state index in [1.165, 1.54) is 0 Å². The van der Waals surface area contributed by atoms with E-state index in [0.717, 1.165) is 16.5 Å². The lowest BCUT2D eigenvalue weighted by Crippen LogP contribution is -2.56. The molecular formula is C28H28N4O3. The third kappa shape index (κ3) is 4.68. The highest BCUT2D eigenvalue weighted by Crippen LogP contribution is 2.33. The number of fused-ring (bicyclic) bond motifs is 1. The molecule has 35 heavy (non-hydrogen) atoms. The maximum Gasteiger partial charge on any atom is 0.256 e. The number of pyridine rings is 1. The number of nitrogens with zero attached hydrogens (tertiary/aromatic N) is 3. The van der Waals surface area contributed by atoms with Gasteiger partial charge in [-0.25, -0.2) is 0 Å². The van der Waals surface area contributed by atoms with Gasteiger partial charge in [-0.15, -0.1) is 0 Å². The molecule has 1 N–H and O–H groups in total. The first-order valence-electron chi connectivity index (χ1n) is 11.8. The van der Waals surface area contributed by atoms with Crippen molar-refractivity contribution >= 4 is 22.8 Å². The summed E-state index contributed by atoms with van der Waals surface area (Å²) in [6, 6.07) is 22.3.